The van der Waals surface area contributed by atoms with Crippen molar-refractivity contribution in [3.63, 3.8) is 0 Å². The molecule has 1 spiro atoms. The standard InChI is InChI=1S/C15H17ClN2O3/c16-14-7-12(2-1-11(14)8-17)18-9-13-10-20-15(21-13)3-5-19-6-4-15/h1-2,7,13,18H,3-6,9-10H2/t13-/m1/s1. The molecule has 2 saturated heterocycles. The molecule has 6 heteroatoms. The lowest BCUT2D eigenvalue weighted by Gasteiger charge is -2.31. The number of rotatable bonds is 3. The summed E-state index contributed by atoms with van der Waals surface area (Å²) >= 11 is 6.01. The largest absolute Gasteiger partial charge is 0.382 e. The highest BCUT2D eigenvalue weighted by Crippen LogP contribution is 2.33. The third-order valence-corrected chi connectivity index (χ3v) is 4.10. The molecule has 3 rings (SSSR count). The Balaban J connectivity index is 1.54. The summed E-state index contributed by atoms with van der Waals surface area (Å²) in [6, 6.07) is 7.34. The zero-order chi connectivity index (χ0) is 14.7. The van der Waals surface area contributed by atoms with Crippen LogP contribution in [0.15, 0.2) is 18.2 Å². The molecule has 21 heavy (non-hydrogen) atoms. The molecule has 2 aliphatic rings. The fourth-order valence-corrected chi connectivity index (χ4v) is 2.83. The molecule has 0 aromatic heterocycles. The molecular formula is C15H17ClN2O3. The van der Waals surface area contributed by atoms with E-state index in [1.165, 1.54) is 0 Å². The van der Waals surface area contributed by atoms with Gasteiger partial charge >= 0.3 is 0 Å². The zero-order valence-electron chi connectivity index (χ0n) is 11.6. The third kappa shape index (κ3) is 3.30. The molecule has 0 saturated carbocycles. The summed E-state index contributed by atoms with van der Waals surface area (Å²) in [5, 5.41) is 12.6. The van der Waals surface area contributed by atoms with Crippen molar-refractivity contribution in [1.29, 1.82) is 5.26 Å². The van der Waals surface area contributed by atoms with Gasteiger partial charge in [0.15, 0.2) is 5.79 Å². The van der Waals surface area contributed by atoms with E-state index in [0.29, 0.717) is 37.0 Å². The fourth-order valence-electron chi connectivity index (χ4n) is 2.61. The molecule has 112 valence electrons. The lowest BCUT2D eigenvalue weighted by atomic mass is 10.1. The summed E-state index contributed by atoms with van der Waals surface area (Å²) in [6.45, 7) is 2.60. The van der Waals surface area contributed by atoms with E-state index in [1.54, 1.807) is 12.1 Å². The minimum atomic E-state index is -0.451. The predicted molar refractivity (Wildman–Crippen MR) is 78.3 cm³/mol. The SMILES string of the molecule is N#Cc1ccc(NC[C@@H]2COC3(CCOCC3)O2)cc1Cl. The van der Waals surface area contributed by atoms with E-state index in [1.807, 2.05) is 12.1 Å². The van der Waals surface area contributed by atoms with E-state index in [4.69, 9.17) is 31.1 Å². The average Bonchev–Trinajstić information content (AvgIpc) is 2.89. The van der Waals surface area contributed by atoms with Crippen molar-refractivity contribution in [3.8, 4) is 6.07 Å². The van der Waals surface area contributed by atoms with Crippen LogP contribution in [0.4, 0.5) is 5.69 Å². The summed E-state index contributed by atoms with van der Waals surface area (Å²) in [7, 11) is 0. The Kier molecular flexibility index (Phi) is 4.32. The van der Waals surface area contributed by atoms with Crippen molar-refractivity contribution in [2.45, 2.75) is 24.7 Å². The van der Waals surface area contributed by atoms with Crippen LogP contribution in [0.3, 0.4) is 0 Å². The summed E-state index contributed by atoms with van der Waals surface area (Å²) in [5.74, 6) is -0.451. The first-order valence-electron chi connectivity index (χ1n) is 7.04. The van der Waals surface area contributed by atoms with E-state index in [0.717, 1.165) is 18.5 Å². The molecule has 1 N–H and O–H groups in total. The number of nitrogens with one attached hydrogen (secondary N) is 1. The Morgan fingerprint density at radius 3 is 2.90 bits per heavy atom. The first-order valence-corrected chi connectivity index (χ1v) is 7.42. The van der Waals surface area contributed by atoms with Gasteiger partial charge in [-0.1, -0.05) is 11.6 Å². The van der Waals surface area contributed by atoms with Gasteiger partial charge in [0.1, 0.15) is 12.2 Å². The highest BCUT2D eigenvalue weighted by atomic mass is 35.5. The second kappa shape index (κ2) is 6.20. The van der Waals surface area contributed by atoms with Gasteiger partial charge in [-0.25, -0.2) is 0 Å². The van der Waals surface area contributed by atoms with Gasteiger partial charge in [0.2, 0.25) is 0 Å². The Morgan fingerprint density at radius 1 is 1.38 bits per heavy atom. The van der Waals surface area contributed by atoms with E-state index < -0.39 is 5.79 Å². The second-order valence-corrected chi connectivity index (χ2v) is 5.67. The molecular weight excluding hydrogens is 292 g/mol. The second-order valence-electron chi connectivity index (χ2n) is 5.26. The van der Waals surface area contributed by atoms with Gasteiger partial charge < -0.3 is 19.5 Å². The molecule has 0 radical (unpaired) electrons. The van der Waals surface area contributed by atoms with E-state index in [2.05, 4.69) is 5.32 Å². The van der Waals surface area contributed by atoms with Gasteiger partial charge in [0, 0.05) is 25.1 Å². The van der Waals surface area contributed by atoms with Crippen LogP contribution >= 0.6 is 11.6 Å². The summed E-state index contributed by atoms with van der Waals surface area (Å²) < 4.78 is 17.2. The zero-order valence-corrected chi connectivity index (χ0v) is 12.4. The monoisotopic (exact) mass is 308 g/mol. The number of hydrogen-bond donors (Lipinski definition) is 1. The number of nitrogens with zero attached hydrogens (tertiary/aromatic N) is 1. The van der Waals surface area contributed by atoms with Crippen LogP contribution < -0.4 is 5.32 Å². The number of nitriles is 1. The molecule has 0 unspecified atom stereocenters. The van der Waals surface area contributed by atoms with Crippen molar-refractivity contribution in [2.24, 2.45) is 0 Å². The van der Waals surface area contributed by atoms with Crippen molar-refractivity contribution in [1.82, 2.24) is 0 Å². The van der Waals surface area contributed by atoms with Crippen LogP contribution in [-0.4, -0.2) is 38.3 Å². The van der Waals surface area contributed by atoms with Crippen molar-refractivity contribution >= 4 is 17.3 Å². The molecule has 1 aromatic rings. The number of hydrogen-bond acceptors (Lipinski definition) is 5. The Bertz CT molecular complexity index is 552. The van der Waals surface area contributed by atoms with Gasteiger partial charge in [-0.3, -0.25) is 0 Å². The third-order valence-electron chi connectivity index (χ3n) is 3.79. The van der Waals surface area contributed by atoms with Gasteiger partial charge in [-0.15, -0.1) is 0 Å². The Labute approximate surface area is 128 Å². The smallest absolute Gasteiger partial charge is 0.173 e. The fraction of sp³-hybridized carbons (Fsp3) is 0.533. The van der Waals surface area contributed by atoms with E-state index in [9.17, 15) is 0 Å². The molecule has 0 amide bonds. The maximum absolute atomic E-state index is 8.85. The van der Waals surface area contributed by atoms with Crippen LogP contribution in [0.25, 0.3) is 0 Å². The van der Waals surface area contributed by atoms with Crippen molar-refractivity contribution in [2.75, 3.05) is 31.7 Å². The van der Waals surface area contributed by atoms with Gasteiger partial charge in [0.25, 0.3) is 0 Å². The highest BCUT2D eigenvalue weighted by molar-refractivity contribution is 6.32. The first kappa shape index (κ1) is 14.6. The Hall–Kier alpha value is -1.32. The van der Waals surface area contributed by atoms with Crippen molar-refractivity contribution in [3.05, 3.63) is 28.8 Å². The average molecular weight is 309 g/mol. The maximum Gasteiger partial charge on any atom is 0.173 e. The number of ether oxygens (including phenoxy) is 3. The number of halogens is 1. The highest BCUT2D eigenvalue weighted by Gasteiger charge is 2.42. The quantitative estimate of drug-likeness (QED) is 0.929. The Morgan fingerprint density at radius 2 is 2.19 bits per heavy atom. The topological polar surface area (TPSA) is 63.5 Å². The molecule has 2 aliphatic heterocycles. The lowest BCUT2D eigenvalue weighted by molar-refractivity contribution is -0.209. The summed E-state index contributed by atoms with van der Waals surface area (Å²) in [6.07, 6.45) is 1.58. The predicted octanol–water partition coefficient (Wildman–Crippen LogP) is 2.55. The summed E-state index contributed by atoms with van der Waals surface area (Å²) in [5.41, 5.74) is 1.35. The van der Waals surface area contributed by atoms with Gasteiger partial charge in [-0.05, 0) is 18.2 Å². The van der Waals surface area contributed by atoms with E-state index >= 15 is 0 Å². The first-order chi connectivity index (χ1) is 10.2. The van der Waals surface area contributed by atoms with Crippen LogP contribution in [0.1, 0.15) is 18.4 Å². The molecule has 0 bridgehead atoms. The molecule has 2 fully saturated rings. The lowest BCUT2D eigenvalue weighted by Crippen LogP contribution is -2.38. The number of benzene rings is 1. The minimum absolute atomic E-state index is 0.0116. The van der Waals surface area contributed by atoms with Crippen LogP contribution in [0, 0.1) is 11.3 Å². The van der Waals surface area contributed by atoms with Crippen LogP contribution in [-0.2, 0) is 14.2 Å². The van der Waals surface area contributed by atoms with E-state index in [-0.39, 0.29) is 6.10 Å². The number of anilines is 1. The molecule has 5 nitrogen and oxygen atoms in total. The van der Waals surface area contributed by atoms with Gasteiger partial charge in [0.05, 0.1) is 30.4 Å². The minimum Gasteiger partial charge on any atom is -0.382 e. The van der Waals surface area contributed by atoms with Crippen LogP contribution in [0.5, 0.6) is 0 Å². The molecule has 0 aliphatic carbocycles. The summed E-state index contributed by atoms with van der Waals surface area (Å²) in [4.78, 5) is 0. The molecule has 2 heterocycles. The molecule has 1 atom stereocenters. The van der Waals surface area contributed by atoms with Crippen molar-refractivity contribution < 1.29 is 14.2 Å². The normalized spacial score (nSPS) is 23.9. The van der Waals surface area contributed by atoms with Crippen LogP contribution in [0.2, 0.25) is 5.02 Å². The maximum atomic E-state index is 8.85. The molecule has 1 aromatic carbocycles. The van der Waals surface area contributed by atoms with Gasteiger partial charge in [-0.2, -0.15) is 5.26 Å².